The van der Waals surface area contributed by atoms with Crippen LogP contribution in [0.2, 0.25) is 0 Å². The van der Waals surface area contributed by atoms with Gasteiger partial charge in [-0.1, -0.05) is 16.9 Å². The van der Waals surface area contributed by atoms with Crippen LogP contribution in [0, 0.1) is 0 Å². The van der Waals surface area contributed by atoms with Gasteiger partial charge in [0.1, 0.15) is 18.5 Å². The summed E-state index contributed by atoms with van der Waals surface area (Å²) in [6.07, 6.45) is 0.832. The molecular weight excluding hydrogens is 641 g/mol. The van der Waals surface area contributed by atoms with E-state index in [4.69, 9.17) is 10.6 Å². The van der Waals surface area contributed by atoms with Crippen molar-refractivity contribution in [1.29, 1.82) is 0 Å². The van der Waals surface area contributed by atoms with Crippen molar-refractivity contribution in [2.45, 2.75) is 23.1 Å². The van der Waals surface area contributed by atoms with E-state index in [0.29, 0.717) is 10.3 Å². The molecule has 43 heavy (non-hydrogen) atoms. The van der Waals surface area contributed by atoms with Crippen molar-refractivity contribution in [3.05, 3.63) is 45.3 Å². The summed E-state index contributed by atoms with van der Waals surface area (Å²) < 4.78 is 5.73. The van der Waals surface area contributed by atoms with Crippen molar-refractivity contribution >= 4 is 63.7 Å². The van der Waals surface area contributed by atoms with Crippen molar-refractivity contribution in [2.24, 2.45) is 5.16 Å². The largest absolute Gasteiger partial charge is 1.00 e. The molecular formula is C20H18N11NaO8S3. The number of hydrogen-bond donors (Lipinski definition) is 4. The molecule has 0 spiro atoms. The molecule has 0 aliphatic carbocycles. The molecule has 0 saturated carbocycles. The number of aromatic hydroxyl groups is 1. The fourth-order valence-electron chi connectivity index (χ4n) is 3.97. The third-order valence-corrected chi connectivity index (χ3v) is 8.78. The number of carboxylic acids is 1. The molecule has 0 radical (unpaired) electrons. The second-order valence-electron chi connectivity index (χ2n) is 8.45. The molecule has 0 unspecified atom stereocenters. The van der Waals surface area contributed by atoms with E-state index < -0.39 is 40.4 Å². The maximum Gasteiger partial charge on any atom is 1.00 e. The first kappa shape index (κ1) is 32.2. The predicted molar refractivity (Wildman–Crippen MR) is 142 cm³/mol. The molecule has 19 nitrogen and oxygen atoms in total. The SMILES string of the molecule is CO/N=C(\C(=O)N[C@@H]1C(=O)N2C(C(=O)[O-])=C(CSc3nnnn3Cc3cc(=O)c(O)cn3O)CS[C@@H]12)c1nsc(N)n1.[Na+]. The number of anilines is 1. The predicted octanol–water partition coefficient (Wildman–Crippen LogP) is -6.19. The monoisotopic (exact) mass is 659 g/mol. The summed E-state index contributed by atoms with van der Waals surface area (Å²) in [6, 6.07) is -0.0599. The van der Waals surface area contributed by atoms with Crippen molar-refractivity contribution < 1.29 is 64.2 Å². The standard InChI is InChI=1S/C20H19N11O8S3.Na/c1-39-25-11(14-23-19(21)42-26-14)15(34)22-12-16(35)31-13(18(36)37)7(5-40-17(12)31)6-41-20-24-27-28-29(20)3-8-2-9(32)10(33)4-30(8)38;/h2,4,12,17,33,38H,3,5-6H2,1H3,(H,22,34)(H,36,37)(H2,21,23,26);/q;+1/p-1/b25-11-;/t12-,17+;/m1./s1. The van der Waals surface area contributed by atoms with Gasteiger partial charge in [-0.05, 0) is 16.0 Å². The van der Waals surface area contributed by atoms with Crippen LogP contribution >= 0.6 is 35.1 Å². The summed E-state index contributed by atoms with van der Waals surface area (Å²) >= 11 is 3.11. The van der Waals surface area contributed by atoms with Gasteiger partial charge in [0.2, 0.25) is 22.1 Å². The Morgan fingerprint density at radius 1 is 1.37 bits per heavy atom. The van der Waals surface area contributed by atoms with Crippen LogP contribution in [0.1, 0.15) is 11.5 Å². The van der Waals surface area contributed by atoms with E-state index in [0.717, 1.165) is 40.5 Å². The molecule has 0 aromatic carbocycles. The molecule has 5 heterocycles. The van der Waals surface area contributed by atoms with E-state index >= 15 is 0 Å². The maximum atomic E-state index is 13.0. The van der Waals surface area contributed by atoms with Gasteiger partial charge in [0.25, 0.3) is 11.8 Å². The normalized spacial score (nSPS) is 18.0. The number of hydrogen-bond acceptors (Lipinski definition) is 18. The Bertz CT molecular complexity index is 1710. The van der Waals surface area contributed by atoms with Gasteiger partial charge in [0.15, 0.2) is 10.9 Å². The molecule has 5 N–H and O–H groups in total. The molecule has 2 atom stereocenters. The number of oxime groups is 1. The minimum absolute atomic E-state index is 0. The third-order valence-electron chi connectivity index (χ3n) is 5.85. The number of nitrogens with zero attached hydrogens (tertiary/aromatic N) is 9. The number of nitrogen functional groups attached to an aromatic ring is 1. The minimum atomic E-state index is -1.58. The molecule has 2 amide bonds. The fourth-order valence-corrected chi connectivity index (χ4v) is 6.77. The molecule has 2 aliphatic rings. The van der Waals surface area contributed by atoms with E-state index in [-0.39, 0.29) is 80.8 Å². The van der Waals surface area contributed by atoms with Gasteiger partial charge >= 0.3 is 29.6 Å². The molecule has 1 fully saturated rings. The Morgan fingerprint density at radius 2 is 2.14 bits per heavy atom. The van der Waals surface area contributed by atoms with E-state index in [9.17, 15) is 34.6 Å². The van der Waals surface area contributed by atoms with Crippen molar-refractivity contribution in [1.82, 2.24) is 44.5 Å². The number of amides is 2. The Morgan fingerprint density at radius 3 is 2.81 bits per heavy atom. The molecule has 23 heteroatoms. The average Bonchev–Trinajstić information content (AvgIpc) is 3.59. The number of carbonyl (C=O) groups is 3. The number of carbonyl (C=O) groups excluding carboxylic acids is 3. The summed E-state index contributed by atoms with van der Waals surface area (Å²) in [5.41, 5.74) is 4.64. The summed E-state index contributed by atoms with van der Waals surface area (Å²) in [5, 5.41) is 48.5. The van der Waals surface area contributed by atoms with Gasteiger partial charge in [0, 0.05) is 29.1 Å². The number of carboxylic acid groups (broad SMARTS) is 1. The molecule has 3 aromatic heterocycles. The number of nitrogens with one attached hydrogen (secondary N) is 1. The Hall–Kier alpha value is -3.70. The first-order chi connectivity index (χ1) is 20.1. The molecule has 1 saturated heterocycles. The van der Waals surface area contributed by atoms with Crippen LogP contribution in [0.4, 0.5) is 5.13 Å². The number of aromatic nitrogens is 7. The van der Waals surface area contributed by atoms with E-state index in [2.05, 4.69) is 35.4 Å². The zero-order chi connectivity index (χ0) is 30.1. The zero-order valence-electron chi connectivity index (χ0n) is 22.1. The average molecular weight is 660 g/mol. The van der Waals surface area contributed by atoms with Crippen molar-refractivity contribution in [3.63, 3.8) is 0 Å². The van der Waals surface area contributed by atoms with Crippen molar-refractivity contribution in [3.8, 4) is 5.75 Å². The Labute approximate surface area is 274 Å². The van der Waals surface area contributed by atoms with Crippen molar-refractivity contribution in [2.75, 3.05) is 24.3 Å². The van der Waals surface area contributed by atoms with Crippen LogP contribution in [-0.2, 0) is 25.8 Å². The summed E-state index contributed by atoms with van der Waals surface area (Å²) in [4.78, 5) is 59.4. The number of pyridine rings is 1. The quantitative estimate of drug-likeness (QED) is 0.0394. The number of rotatable bonds is 10. The number of aliphatic carboxylic acids is 1. The van der Waals surface area contributed by atoms with Gasteiger partial charge < -0.3 is 36.1 Å². The van der Waals surface area contributed by atoms with Gasteiger partial charge in [-0.25, -0.2) is 4.68 Å². The Kier molecular flexibility index (Phi) is 9.96. The summed E-state index contributed by atoms with van der Waals surface area (Å²) in [5.74, 6) is -3.59. The number of fused-ring (bicyclic) bond motifs is 1. The summed E-state index contributed by atoms with van der Waals surface area (Å²) in [6.45, 7) is -0.145. The third kappa shape index (κ3) is 6.47. The van der Waals surface area contributed by atoms with Crippen LogP contribution in [0.15, 0.2) is 38.6 Å². The van der Waals surface area contributed by atoms with Crippen LogP contribution in [-0.4, -0.2) is 103 Å². The maximum absolute atomic E-state index is 13.0. The van der Waals surface area contributed by atoms with Gasteiger partial charge in [0.05, 0.1) is 30.1 Å². The van der Waals surface area contributed by atoms with E-state index in [1.54, 1.807) is 0 Å². The van der Waals surface area contributed by atoms with Crippen LogP contribution in [0.3, 0.4) is 0 Å². The van der Waals surface area contributed by atoms with E-state index in [1.165, 1.54) is 23.6 Å². The molecule has 3 aromatic rings. The van der Waals surface area contributed by atoms with Crippen LogP contribution in [0.25, 0.3) is 0 Å². The van der Waals surface area contributed by atoms with Gasteiger partial charge in [-0.3, -0.25) is 19.3 Å². The molecule has 5 rings (SSSR count). The first-order valence-corrected chi connectivity index (χ1v) is 14.3. The van der Waals surface area contributed by atoms with Gasteiger partial charge in [-0.15, -0.1) is 16.9 Å². The van der Waals surface area contributed by atoms with Crippen LogP contribution < -0.4 is 51.1 Å². The number of tetrazole rings is 1. The smallest absolute Gasteiger partial charge is 0.543 e. The topological polar surface area (TPSA) is 269 Å². The second kappa shape index (κ2) is 13.3. The number of thioether (sulfide) groups is 2. The molecule has 0 bridgehead atoms. The first-order valence-electron chi connectivity index (χ1n) is 11.5. The molecule has 2 aliphatic heterocycles. The van der Waals surface area contributed by atoms with E-state index in [1.807, 2.05) is 0 Å². The van der Waals surface area contributed by atoms with Gasteiger partial charge in [-0.2, -0.15) is 14.1 Å². The van der Waals surface area contributed by atoms with Crippen LogP contribution in [0.5, 0.6) is 5.75 Å². The minimum Gasteiger partial charge on any atom is -0.543 e. The Balaban J connectivity index is 0.00000423. The summed E-state index contributed by atoms with van der Waals surface area (Å²) in [7, 11) is 1.21. The number of β-lactam (4-membered cyclic amide) rings is 1. The second-order valence-corrected chi connectivity index (χ2v) is 11.3. The molecule has 220 valence electrons. The number of nitrogens with two attached hydrogens (primary N) is 1. The zero-order valence-corrected chi connectivity index (χ0v) is 26.6. The fraction of sp³-hybridized carbons (Fsp3) is 0.300.